The molecule has 0 aromatic carbocycles. The van der Waals surface area contributed by atoms with E-state index in [0.29, 0.717) is 5.56 Å². The van der Waals surface area contributed by atoms with Crippen molar-refractivity contribution in [2.24, 2.45) is 0 Å². The maximum absolute atomic E-state index is 11.1. The van der Waals surface area contributed by atoms with Crippen LogP contribution in [-0.4, -0.2) is 23.8 Å². The molecule has 1 heterocycles. The summed E-state index contributed by atoms with van der Waals surface area (Å²) in [5.41, 5.74) is 0.482. The van der Waals surface area contributed by atoms with Gasteiger partial charge in [-0.1, -0.05) is 11.6 Å². The summed E-state index contributed by atoms with van der Waals surface area (Å²) in [6.07, 6.45) is 1.63. The first kappa shape index (κ1) is 10.6. The van der Waals surface area contributed by atoms with Gasteiger partial charge in [0.25, 0.3) is 0 Å². The van der Waals surface area contributed by atoms with Crippen molar-refractivity contribution >= 4 is 21.6 Å². The third kappa shape index (κ3) is 2.24. The molecule has 0 bridgehead atoms. The van der Waals surface area contributed by atoms with Gasteiger partial charge in [0, 0.05) is 11.8 Å². The fraction of sp³-hybridized carbons (Fsp3) is 0.429. The highest BCUT2D eigenvalue weighted by Gasteiger charge is 2.13. The van der Waals surface area contributed by atoms with Gasteiger partial charge < -0.3 is 5.11 Å². The molecule has 0 amide bonds. The largest absolute Gasteiger partial charge is 0.389 e. The summed E-state index contributed by atoms with van der Waals surface area (Å²) in [5, 5.41) is 9.24. The van der Waals surface area contributed by atoms with Crippen LogP contribution in [0.3, 0.4) is 0 Å². The van der Waals surface area contributed by atoms with Gasteiger partial charge in [0.2, 0.25) is 10.0 Å². The summed E-state index contributed by atoms with van der Waals surface area (Å²) in [5.74, 6) is 0. The molecule has 0 aliphatic carbocycles. The number of aliphatic hydroxyl groups excluding tert-OH is 1. The van der Waals surface area contributed by atoms with Gasteiger partial charge in [-0.15, -0.1) is 0 Å². The average molecular weight is 224 g/mol. The molecule has 0 radical (unpaired) electrons. The topological polar surface area (TPSA) is 59.3 Å². The maximum Gasteiger partial charge on any atom is 0.236 e. The molecule has 6 heteroatoms. The first-order valence-electron chi connectivity index (χ1n) is 3.59. The Kier molecular flexibility index (Phi) is 2.70. The molecule has 1 rings (SSSR count). The van der Waals surface area contributed by atoms with E-state index in [4.69, 9.17) is 16.7 Å². The van der Waals surface area contributed by atoms with Gasteiger partial charge >= 0.3 is 0 Å². The summed E-state index contributed by atoms with van der Waals surface area (Å²) in [4.78, 5) is 0. The lowest BCUT2D eigenvalue weighted by Gasteiger charge is -2.00. The summed E-state index contributed by atoms with van der Waals surface area (Å²) in [7, 11) is -3.37. The van der Waals surface area contributed by atoms with E-state index in [9.17, 15) is 8.42 Å². The number of halogens is 1. The highest BCUT2D eigenvalue weighted by atomic mass is 35.5. The molecule has 4 nitrogen and oxygen atoms in total. The van der Waals surface area contributed by atoms with Gasteiger partial charge in [-0.25, -0.2) is 12.4 Å². The molecular formula is C7H10ClNO3S. The standard InChI is InChI=1S/C7H10ClNO3S/c1-5(10)6-3-7(8)9(4-6)13(2,11)12/h3-5,10H,1-2H3. The van der Waals surface area contributed by atoms with Crippen molar-refractivity contribution < 1.29 is 13.5 Å². The van der Waals surface area contributed by atoms with E-state index in [-0.39, 0.29) is 5.15 Å². The predicted octanol–water partition coefficient (Wildman–Crippen LogP) is 1.00. The number of aliphatic hydroxyl groups is 1. The van der Waals surface area contributed by atoms with Crippen molar-refractivity contribution in [2.45, 2.75) is 13.0 Å². The van der Waals surface area contributed by atoms with E-state index in [1.807, 2.05) is 0 Å². The van der Waals surface area contributed by atoms with E-state index in [0.717, 1.165) is 10.2 Å². The molecule has 0 aliphatic heterocycles. The molecule has 13 heavy (non-hydrogen) atoms. The van der Waals surface area contributed by atoms with Crippen molar-refractivity contribution in [3.8, 4) is 0 Å². The molecular weight excluding hydrogens is 214 g/mol. The molecule has 0 saturated heterocycles. The lowest BCUT2D eigenvalue weighted by atomic mass is 10.2. The Balaban J connectivity index is 3.27. The van der Waals surface area contributed by atoms with Gasteiger partial charge in [-0.3, -0.25) is 0 Å². The molecule has 0 saturated carbocycles. The van der Waals surface area contributed by atoms with Gasteiger partial charge in [0.05, 0.1) is 12.4 Å². The molecule has 1 N–H and O–H groups in total. The van der Waals surface area contributed by atoms with Gasteiger partial charge in [0.15, 0.2) is 0 Å². The number of hydrogen-bond acceptors (Lipinski definition) is 3. The minimum atomic E-state index is -3.37. The van der Waals surface area contributed by atoms with Crippen molar-refractivity contribution in [3.63, 3.8) is 0 Å². The SMILES string of the molecule is CC(O)c1cc(Cl)n(S(C)(=O)=O)c1. The normalized spacial score (nSPS) is 14.5. The molecule has 0 spiro atoms. The van der Waals surface area contributed by atoms with Crippen LogP contribution in [0, 0.1) is 0 Å². The van der Waals surface area contributed by atoms with E-state index >= 15 is 0 Å². The molecule has 1 atom stereocenters. The van der Waals surface area contributed by atoms with Crippen molar-refractivity contribution in [1.29, 1.82) is 0 Å². The number of aromatic nitrogens is 1. The Bertz CT molecular complexity index is 407. The summed E-state index contributed by atoms with van der Waals surface area (Å²) < 4.78 is 23.1. The van der Waals surface area contributed by atoms with Crippen LogP contribution in [0.15, 0.2) is 12.3 Å². The Morgan fingerprint density at radius 3 is 2.38 bits per heavy atom. The zero-order chi connectivity index (χ0) is 10.2. The van der Waals surface area contributed by atoms with Gasteiger partial charge in [-0.05, 0) is 13.0 Å². The van der Waals surface area contributed by atoms with Crippen LogP contribution < -0.4 is 0 Å². The average Bonchev–Trinajstić information content (AvgIpc) is 2.29. The second kappa shape index (κ2) is 3.32. The molecule has 1 aromatic heterocycles. The van der Waals surface area contributed by atoms with Crippen LogP contribution in [0.2, 0.25) is 5.15 Å². The third-order valence-electron chi connectivity index (χ3n) is 1.60. The van der Waals surface area contributed by atoms with Crippen molar-refractivity contribution in [3.05, 3.63) is 23.0 Å². The first-order valence-corrected chi connectivity index (χ1v) is 5.81. The third-order valence-corrected chi connectivity index (χ3v) is 3.01. The van der Waals surface area contributed by atoms with Gasteiger partial charge in [-0.2, -0.15) is 0 Å². The zero-order valence-corrected chi connectivity index (χ0v) is 8.80. The molecule has 74 valence electrons. The monoisotopic (exact) mass is 223 g/mol. The second-order valence-corrected chi connectivity index (χ2v) is 5.08. The van der Waals surface area contributed by atoms with E-state index in [1.165, 1.54) is 19.2 Å². The zero-order valence-electron chi connectivity index (χ0n) is 7.23. The van der Waals surface area contributed by atoms with Crippen LogP contribution in [0.1, 0.15) is 18.6 Å². The summed E-state index contributed by atoms with van der Waals surface area (Å²) >= 11 is 5.65. The Morgan fingerprint density at radius 1 is 1.62 bits per heavy atom. The second-order valence-electron chi connectivity index (χ2n) is 2.83. The predicted molar refractivity (Wildman–Crippen MR) is 50.3 cm³/mol. The van der Waals surface area contributed by atoms with E-state index < -0.39 is 16.1 Å². The number of hydrogen-bond donors (Lipinski definition) is 1. The minimum Gasteiger partial charge on any atom is -0.389 e. The van der Waals surface area contributed by atoms with E-state index in [2.05, 4.69) is 0 Å². The molecule has 0 aliphatic rings. The van der Waals surface area contributed by atoms with E-state index in [1.54, 1.807) is 0 Å². The number of rotatable bonds is 2. The van der Waals surface area contributed by atoms with Crippen molar-refractivity contribution in [1.82, 2.24) is 3.97 Å². The smallest absolute Gasteiger partial charge is 0.236 e. The summed E-state index contributed by atoms with van der Waals surface area (Å²) in [6.45, 7) is 1.54. The van der Waals surface area contributed by atoms with Crippen LogP contribution >= 0.6 is 11.6 Å². The number of nitrogens with zero attached hydrogens (tertiary/aromatic N) is 1. The molecule has 1 unspecified atom stereocenters. The van der Waals surface area contributed by atoms with Crippen LogP contribution in [0.5, 0.6) is 0 Å². The lowest BCUT2D eigenvalue weighted by Crippen LogP contribution is -2.08. The highest BCUT2D eigenvalue weighted by molar-refractivity contribution is 7.89. The van der Waals surface area contributed by atoms with Crippen molar-refractivity contribution in [2.75, 3.05) is 6.26 Å². The molecule has 1 aromatic rings. The fourth-order valence-electron chi connectivity index (χ4n) is 0.918. The Hall–Kier alpha value is -0.520. The Labute approximate surface area is 81.8 Å². The van der Waals surface area contributed by atoms with Crippen LogP contribution in [-0.2, 0) is 10.0 Å². The quantitative estimate of drug-likeness (QED) is 0.814. The fourth-order valence-corrected chi connectivity index (χ4v) is 2.15. The lowest BCUT2D eigenvalue weighted by molar-refractivity contribution is 0.199. The van der Waals surface area contributed by atoms with Gasteiger partial charge in [0.1, 0.15) is 5.15 Å². The first-order chi connectivity index (χ1) is 5.82. The van der Waals surface area contributed by atoms with Crippen LogP contribution in [0.4, 0.5) is 0 Å². The molecule has 0 fully saturated rings. The summed E-state index contributed by atoms with van der Waals surface area (Å²) in [6, 6.07) is 1.42. The maximum atomic E-state index is 11.1. The highest BCUT2D eigenvalue weighted by Crippen LogP contribution is 2.21. The minimum absolute atomic E-state index is 0.0819. The Morgan fingerprint density at radius 2 is 2.15 bits per heavy atom. The van der Waals surface area contributed by atoms with Crippen LogP contribution in [0.25, 0.3) is 0 Å².